The minimum absolute atomic E-state index is 0.0281. The van der Waals surface area contributed by atoms with Crippen LogP contribution in [-0.2, 0) is 21.8 Å². The molecule has 3 N–H and O–H groups in total. The van der Waals surface area contributed by atoms with Crippen molar-refractivity contribution in [3.8, 4) is 0 Å². The zero-order chi connectivity index (χ0) is 14.6. The number of benzene rings is 1. The van der Waals surface area contributed by atoms with Gasteiger partial charge in [0.05, 0.1) is 5.56 Å². The Morgan fingerprint density at radius 3 is 2.58 bits per heavy atom. The smallest absolute Gasteiger partial charge is 0.398 e. The first-order valence-corrected chi connectivity index (χ1v) is 6.84. The third-order valence-corrected chi connectivity index (χ3v) is 3.48. The van der Waals surface area contributed by atoms with E-state index in [1.807, 2.05) is 0 Å². The molecule has 0 aliphatic carbocycles. The molecule has 1 amide bonds. The molecular formula is C11H13F3N2O2S. The molecule has 1 unspecified atom stereocenters. The molecule has 1 aromatic carbocycles. The van der Waals surface area contributed by atoms with Crippen LogP contribution in [0.15, 0.2) is 18.2 Å². The summed E-state index contributed by atoms with van der Waals surface area (Å²) in [4.78, 5) is 11.4. The average Bonchev–Trinajstić information content (AvgIpc) is 2.29. The fraction of sp³-hybridized carbons (Fsp3) is 0.364. The van der Waals surface area contributed by atoms with E-state index < -0.39 is 34.1 Å². The van der Waals surface area contributed by atoms with Crippen LogP contribution in [0.5, 0.6) is 0 Å². The van der Waals surface area contributed by atoms with Crippen LogP contribution < -0.4 is 11.1 Å². The Kier molecular flexibility index (Phi) is 4.93. The van der Waals surface area contributed by atoms with Crippen LogP contribution in [-0.4, -0.2) is 21.6 Å². The molecule has 0 aliphatic heterocycles. The van der Waals surface area contributed by atoms with Crippen molar-refractivity contribution in [1.29, 1.82) is 0 Å². The molecule has 1 aromatic rings. The lowest BCUT2D eigenvalue weighted by Gasteiger charge is -2.12. The highest BCUT2D eigenvalue weighted by atomic mass is 32.2. The number of rotatable bonds is 4. The van der Waals surface area contributed by atoms with E-state index in [0.717, 1.165) is 12.1 Å². The molecule has 0 fully saturated rings. The molecule has 0 radical (unpaired) electrons. The third kappa shape index (κ3) is 4.55. The molecule has 0 aromatic heterocycles. The van der Waals surface area contributed by atoms with Crippen LogP contribution in [0.3, 0.4) is 0 Å². The number of nitrogens with one attached hydrogen (secondary N) is 1. The average molecular weight is 294 g/mol. The third-order valence-electron chi connectivity index (χ3n) is 2.26. The number of amides is 1. The normalized spacial score (nSPS) is 13.1. The highest BCUT2D eigenvalue weighted by Crippen LogP contribution is 2.35. The van der Waals surface area contributed by atoms with Crippen molar-refractivity contribution in [2.75, 3.05) is 22.6 Å². The summed E-state index contributed by atoms with van der Waals surface area (Å²) in [6, 6.07) is 3.08. The summed E-state index contributed by atoms with van der Waals surface area (Å²) in [5.74, 6) is -0.538. The largest absolute Gasteiger partial charge is 0.418 e. The van der Waals surface area contributed by atoms with Crippen LogP contribution in [0.4, 0.5) is 24.5 Å². The number of nitrogen functional groups attached to an aromatic ring is 1. The van der Waals surface area contributed by atoms with E-state index in [9.17, 15) is 22.2 Å². The Bertz CT molecular complexity index is 503. The van der Waals surface area contributed by atoms with Crippen LogP contribution in [0, 0.1) is 0 Å². The summed E-state index contributed by atoms with van der Waals surface area (Å²) in [6.45, 7) is 1.65. The Labute approximate surface area is 110 Å². The van der Waals surface area contributed by atoms with E-state index in [2.05, 4.69) is 5.32 Å². The van der Waals surface area contributed by atoms with E-state index in [1.165, 1.54) is 6.07 Å². The van der Waals surface area contributed by atoms with Crippen molar-refractivity contribution in [2.45, 2.75) is 13.1 Å². The Morgan fingerprint density at radius 2 is 2.05 bits per heavy atom. The van der Waals surface area contributed by atoms with Crippen molar-refractivity contribution < 1.29 is 22.2 Å². The zero-order valence-corrected chi connectivity index (χ0v) is 10.9. The van der Waals surface area contributed by atoms with Crippen molar-refractivity contribution >= 4 is 28.1 Å². The van der Waals surface area contributed by atoms with Crippen molar-refractivity contribution in [2.24, 2.45) is 0 Å². The summed E-state index contributed by atoms with van der Waals surface area (Å²) < 4.78 is 48.9. The van der Waals surface area contributed by atoms with Crippen LogP contribution in [0.1, 0.15) is 12.5 Å². The van der Waals surface area contributed by atoms with Gasteiger partial charge in [0.1, 0.15) is 5.75 Å². The molecule has 0 bridgehead atoms. The van der Waals surface area contributed by atoms with Gasteiger partial charge in [0.25, 0.3) is 0 Å². The van der Waals surface area contributed by atoms with Gasteiger partial charge in [-0.05, 0) is 18.2 Å². The SMILES string of the molecule is CCS(=O)CC(=O)Nc1ccc(N)c(C(F)(F)F)c1. The molecule has 0 saturated carbocycles. The number of carbonyl (C=O) groups excluding carboxylic acids is 1. The fourth-order valence-electron chi connectivity index (χ4n) is 1.32. The van der Waals surface area contributed by atoms with Gasteiger partial charge in [-0.1, -0.05) is 6.92 Å². The molecule has 19 heavy (non-hydrogen) atoms. The highest BCUT2D eigenvalue weighted by molar-refractivity contribution is 7.85. The van der Waals surface area contributed by atoms with Crippen molar-refractivity contribution in [3.63, 3.8) is 0 Å². The quantitative estimate of drug-likeness (QED) is 0.834. The molecule has 4 nitrogen and oxygen atoms in total. The number of halogens is 3. The Balaban J connectivity index is 2.86. The molecular weight excluding hydrogens is 281 g/mol. The van der Waals surface area contributed by atoms with Gasteiger partial charge in [-0.15, -0.1) is 0 Å². The zero-order valence-electron chi connectivity index (χ0n) is 10.1. The van der Waals surface area contributed by atoms with Gasteiger partial charge in [-0.2, -0.15) is 13.2 Å². The van der Waals surface area contributed by atoms with Crippen molar-refractivity contribution in [1.82, 2.24) is 0 Å². The molecule has 106 valence electrons. The maximum Gasteiger partial charge on any atom is 0.418 e. The van der Waals surface area contributed by atoms with E-state index >= 15 is 0 Å². The van der Waals surface area contributed by atoms with Gasteiger partial charge in [0.15, 0.2) is 0 Å². The minimum Gasteiger partial charge on any atom is -0.398 e. The van der Waals surface area contributed by atoms with Crippen LogP contribution in [0.2, 0.25) is 0 Å². The fourth-order valence-corrected chi connectivity index (χ4v) is 1.89. The number of carbonyl (C=O) groups is 1. The number of hydrogen-bond acceptors (Lipinski definition) is 3. The second-order valence-electron chi connectivity index (χ2n) is 3.72. The van der Waals surface area contributed by atoms with Gasteiger partial charge in [-0.3, -0.25) is 9.00 Å². The first-order valence-electron chi connectivity index (χ1n) is 5.35. The Hall–Kier alpha value is -1.57. The van der Waals surface area contributed by atoms with Crippen molar-refractivity contribution in [3.05, 3.63) is 23.8 Å². The van der Waals surface area contributed by atoms with Crippen LogP contribution in [0.25, 0.3) is 0 Å². The van der Waals surface area contributed by atoms with Gasteiger partial charge >= 0.3 is 6.18 Å². The summed E-state index contributed by atoms with van der Waals surface area (Å²) in [5.41, 5.74) is 3.77. The highest BCUT2D eigenvalue weighted by Gasteiger charge is 2.33. The molecule has 1 atom stereocenters. The van der Waals surface area contributed by atoms with Gasteiger partial charge in [-0.25, -0.2) is 0 Å². The summed E-state index contributed by atoms with van der Waals surface area (Å²) >= 11 is 0. The Morgan fingerprint density at radius 1 is 1.42 bits per heavy atom. The minimum atomic E-state index is -4.59. The molecule has 0 saturated heterocycles. The first kappa shape index (κ1) is 15.5. The lowest BCUT2D eigenvalue weighted by Crippen LogP contribution is -2.20. The van der Waals surface area contributed by atoms with E-state index in [4.69, 9.17) is 5.73 Å². The number of nitrogens with two attached hydrogens (primary N) is 1. The molecule has 1 rings (SSSR count). The number of alkyl halides is 3. The van der Waals surface area contributed by atoms with Gasteiger partial charge < -0.3 is 11.1 Å². The maximum absolute atomic E-state index is 12.6. The van der Waals surface area contributed by atoms with E-state index in [-0.39, 0.29) is 11.4 Å². The topological polar surface area (TPSA) is 72.2 Å². The number of anilines is 2. The lowest BCUT2D eigenvalue weighted by molar-refractivity contribution is -0.136. The monoisotopic (exact) mass is 294 g/mol. The predicted octanol–water partition coefficient (Wildman–Crippen LogP) is 1.99. The summed E-state index contributed by atoms with van der Waals surface area (Å²) in [5, 5.41) is 2.26. The first-order chi connectivity index (χ1) is 8.74. The van der Waals surface area contributed by atoms with Gasteiger partial charge in [0.2, 0.25) is 5.91 Å². The van der Waals surface area contributed by atoms with Crippen LogP contribution >= 0.6 is 0 Å². The molecule has 0 aliphatic rings. The van der Waals surface area contributed by atoms with Gasteiger partial charge in [0, 0.05) is 27.9 Å². The maximum atomic E-state index is 12.6. The van der Waals surface area contributed by atoms with E-state index in [1.54, 1.807) is 6.92 Å². The second-order valence-corrected chi connectivity index (χ2v) is 5.47. The molecule has 0 heterocycles. The van der Waals surface area contributed by atoms with E-state index in [0.29, 0.717) is 5.75 Å². The molecule has 0 spiro atoms. The predicted molar refractivity (Wildman–Crippen MR) is 68.0 cm³/mol. The second kappa shape index (κ2) is 6.05. The summed E-state index contributed by atoms with van der Waals surface area (Å²) in [7, 11) is -1.32. The number of hydrogen-bond donors (Lipinski definition) is 2. The summed E-state index contributed by atoms with van der Waals surface area (Å²) in [6.07, 6.45) is -4.59. The lowest BCUT2D eigenvalue weighted by atomic mass is 10.1. The molecule has 8 heteroatoms. The standard InChI is InChI=1S/C11H13F3N2O2S/c1-2-19(18)6-10(17)16-7-3-4-9(15)8(5-7)11(12,13)14/h3-5H,2,6,15H2,1H3,(H,16,17).